The first-order chi connectivity index (χ1) is 3.83. The van der Waals surface area contributed by atoms with E-state index in [9.17, 15) is 0 Å². The molecule has 0 spiro atoms. The second kappa shape index (κ2) is 2.61. The molecule has 0 heterocycles. The number of nitrogens with one attached hydrogen (secondary N) is 1. The first-order valence-electron chi connectivity index (χ1n) is 2.97. The average molecular weight is 129 g/mol. The van der Waals surface area contributed by atoms with E-state index in [1.807, 2.05) is 0 Å². The van der Waals surface area contributed by atoms with Crippen LogP contribution >= 0.6 is 9.39 Å². The summed E-state index contributed by atoms with van der Waals surface area (Å²) in [6, 6.07) is 0.606. The van der Waals surface area contributed by atoms with E-state index in [2.05, 4.69) is 33.6 Å². The van der Waals surface area contributed by atoms with E-state index < -0.39 is 0 Å². The summed E-state index contributed by atoms with van der Waals surface area (Å²) in [5.74, 6) is 0.771. The van der Waals surface area contributed by atoms with Gasteiger partial charge in [-0.1, -0.05) is 28.5 Å². The van der Waals surface area contributed by atoms with Gasteiger partial charge in [0.2, 0.25) is 0 Å². The molecule has 2 heteroatoms. The van der Waals surface area contributed by atoms with Crippen LogP contribution in [0.3, 0.4) is 0 Å². The lowest BCUT2D eigenvalue weighted by Gasteiger charge is -2.04. The van der Waals surface area contributed by atoms with Crippen LogP contribution in [0.5, 0.6) is 0 Å². The molecule has 0 aromatic heterocycles. The topological polar surface area (TPSA) is 12.0 Å². The van der Waals surface area contributed by atoms with Gasteiger partial charge in [-0.15, -0.1) is 0 Å². The Morgan fingerprint density at radius 1 is 1.62 bits per heavy atom. The summed E-state index contributed by atoms with van der Waals surface area (Å²) in [6.07, 6.45) is 5.73. The van der Waals surface area contributed by atoms with E-state index >= 15 is 0 Å². The second-order valence-electron chi connectivity index (χ2n) is 2.37. The van der Waals surface area contributed by atoms with E-state index in [4.69, 9.17) is 0 Å². The van der Waals surface area contributed by atoms with Crippen molar-refractivity contribution in [3.05, 3.63) is 12.2 Å². The van der Waals surface area contributed by atoms with Gasteiger partial charge in [-0.05, 0) is 12.3 Å². The molecule has 3 atom stereocenters. The Balaban J connectivity index is 2.34. The Hall–Kier alpha value is 0.130. The zero-order chi connectivity index (χ0) is 5.98. The highest BCUT2D eigenvalue weighted by atomic mass is 31.0. The number of allylic oxidation sites excluding steroid dienone is 1. The monoisotopic (exact) mass is 129 g/mol. The molecular formula is C6H12NP. The van der Waals surface area contributed by atoms with E-state index in [1.54, 1.807) is 0 Å². The summed E-state index contributed by atoms with van der Waals surface area (Å²) in [5, 5.41) is 3.12. The van der Waals surface area contributed by atoms with Crippen molar-refractivity contribution in [3.8, 4) is 0 Å². The Bertz CT molecular complexity index is 101. The molecular weight excluding hydrogens is 117 g/mol. The quantitative estimate of drug-likeness (QED) is 0.416. The van der Waals surface area contributed by atoms with Gasteiger partial charge < -0.3 is 0 Å². The van der Waals surface area contributed by atoms with E-state index in [-0.39, 0.29) is 0 Å². The molecule has 0 aromatic carbocycles. The smallest absolute Gasteiger partial charge is 0.0287 e. The summed E-state index contributed by atoms with van der Waals surface area (Å²) < 4.78 is 0. The van der Waals surface area contributed by atoms with Crippen LogP contribution in [0.1, 0.15) is 13.3 Å². The molecule has 46 valence electrons. The standard InChI is InChI=1S/C6H12NP/c1-5-2-3-6(4-5)7-8/h2-3,5-7H,4,8H2,1H3/t5-,6+/m1/s1. The third-order valence-corrected chi connectivity index (χ3v) is 1.94. The molecule has 0 saturated carbocycles. The highest BCUT2D eigenvalue weighted by Crippen LogP contribution is 2.16. The lowest BCUT2D eigenvalue weighted by Crippen LogP contribution is -2.14. The Morgan fingerprint density at radius 2 is 2.38 bits per heavy atom. The molecule has 0 radical (unpaired) electrons. The molecule has 0 amide bonds. The molecule has 1 N–H and O–H groups in total. The van der Waals surface area contributed by atoms with Crippen LogP contribution in [0.15, 0.2) is 12.2 Å². The van der Waals surface area contributed by atoms with E-state index in [0.717, 1.165) is 5.92 Å². The third-order valence-electron chi connectivity index (χ3n) is 1.51. The predicted octanol–water partition coefficient (Wildman–Crippen LogP) is 1.33. The first-order valence-corrected chi connectivity index (χ1v) is 3.55. The van der Waals surface area contributed by atoms with Gasteiger partial charge in [-0.2, -0.15) is 0 Å². The van der Waals surface area contributed by atoms with E-state index in [1.165, 1.54) is 6.42 Å². The van der Waals surface area contributed by atoms with Crippen LogP contribution in [-0.4, -0.2) is 6.04 Å². The molecule has 0 aliphatic heterocycles. The Kier molecular flexibility index (Phi) is 2.04. The Labute approximate surface area is 52.8 Å². The molecule has 1 unspecified atom stereocenters. The lowest BCUT2D eigenvalue weighted by molar-refractivity contribution is 0.618. The minimum absolute atomic E-state index is 0.606. The van der Waals surface area contributed by atoms with Crippen molar-refractivity contribution < 1.29 is 0 Å². The van der Waals surface area contributed by atoms with Gasteiger partial charge >= 0.3 is 0 Å². The van der Waals surface area contributed by atoms with Crippen molar-refractivity contribution in [2.45, 2.75) is 19.4 Å². The fraction of sp³-hybridized carbons (Fsp3) is 0.667. The summed E-state index contributed by atoms with van der Waals surface area (Å²) in [5.41, 5.74) is 0. The van der Waals surface area contributed by atoms with Crippen molar-refractivity contribution in [2.75, 3.05) is 0 Å². The predicted molar refractivity (Wildman–Crippen MR) is 39.6 cm³/mol. The minimum Gasteiger partial charge on any atom is -0.294 e. The third kappa shape index (κ3) is 1.30. The fourth-order valence-electron chi connectivity index (χ4n) is 1.01. The second-order valence-corrected chi connectivity index (χ2v) is 2.70. The van der Waals surface area contributed by atoms with Gasteiger partial charge in [-0.25, -0.2) is 0 Å². The van der Waals surface area contributed by atoms with Crippen LogP contribution in [0, 0.1) is 5.92 Å². The molecule has 8 heavy (non-hydrogen) atoms. The van der Waals surface area contributed by atoms with Gasteiger partial charge in [0.1, 0.15) is 0 Å². The minimum atomic E-state index is 0.606. The maximum absolute atomic E-state index is 3.12. The molecule has 0 fully saturated rings. The number of hydrogen-bond acceptors (Lipinski definition) is 1. The van der Waals surface area contributed by atoms with Crippen LogP contribution in [0.2, 0.25) is 0 Å². The van der Waals surface area contributed by atoms with Crippen LogP contribution in [0.25, 0.3) is 0 Å². The normalized spacial score (nSPS) is 36.2. The largest absolute Gasteiger partial charge is 0.294 e. The van der Waals surface area contributed by atoms with Crippen molar-refractivity contribution in [2.24, 2.45) is 5.92 Å². The fourth-order valence-corrected chi connectivity index (χ4v) is 1.25. The SMILES string of the molecule is C[C@@H]1C=C[C@H](NP)C1. The van der Waals surface area contributed by atoms with Gasteiger partial charge in [0.25, 0.3) is 0 Å². The molecule has 0 bridgehead atoms. The summed E-state index contributed by atoms with van der Waals surface area (Å²) in [6.45, 7) is 2.23. The lowest BCUT2D eigenvalue weighted by atomic mass is 10.1. The van der Waals surface area contributed by atoms with Gasteiger partial charge in [-0.3, -0.25) is 5.09 Å². The zero-order valence-corrected chi connectivity index (χ0v) is 6.25. The molecule has 1 nitrogen and oxygen atoms in total. The highest BCUT2D eigenvalue weighted by molar-refractivity contribution is 7.13. The first kappa shape index (κ1) is 6.25. The molecule has 0 aromatic rings. The highest BCUT2D eigenvalue weighted by Gasteiger charge is 2.11. The van der Waals surface area contributed by atoms with E-state index in [0.29, 0.717) is 6.04 Å². The molecule has 1 rings (SSSR count). The average Bonchev–Trinajstić information content (AvgIpc) is 2.14. The van der Waals surface area contributed by atoms with Gasteiger partial charge in [0.15, 0.2) is 0 Å². The molecule has 1 aliphatic carbocycles. The van der Waals surface area contributed by atoms with Crippen molar-refractivity contribution in [1.82, 2.24) is 5.09 Å². The van der Waals surface area contributed by atoms with Gasteiger partial charge in [0, 0.05) is 6.04 Å². The van der Waals surface area contributed by atoms with Crippen molar-refractivity contribution in [3.63, 3.8) is 0 Å². The maximum atomic E-state index is 3.12. The molecule has 1 aliphatic rings. The van der Waals surface area contributed by atoms with Crippen molar-refractivity contribution >= 4 is 9.39 Å². The Morgan fingerprint density at radius 3 is 2.62 bits per heavy atom. The summed E-state index contributed by atoms with van der Waals surface area (Å²) >= 11 is 0. The van der Waals surface area contributed by atoms with Crippen molar-refractivity contribution in [1.29, 1.82) is 0 Å². The van der Waals surface area contributed by atoms with Gasteiger partial charge in [0.05, 0.1) is 0 Å². The number of hydrogen-bond donors (Lipinski definition) is 1. The van der Waals surface area contributed by atoms with Crippen LogP contribution in [-0.2, 0) is 0 Å². The zero-order valence-electron chi connectivity index (χ0n) is 5.09. The molecule has 0 saturated heterocycles. The summed E-state index contributed by atoms with van der Waals surface area (Å²) in [4.78, 5) is 0. The van der Waals surface area contributed by atoms with Crippen LogP contribution in [0.4, 0.5) is 0 Å². The van der Waals surface area contributed by atoms with Crippen LogP contribution < -0.4 is 5.09 Å². The summed E-state index contributed by atoms with van der Waals surface area (Å²) in [7, 11) is 2.54. The maximum Gasteiger partial charge on any atom is 0.0287 e. The number of rotatable bonds is 1.